The van der Waals surface area contributed by atoms with E-state index in [1.54, 1.807) is 36.4 Å². The number of anilines is 1. The van der Waals surface area contributed by atoms with Gasteiger partial charge in [-0.1, -0.05) is 27.5 Å². The Morgan fingerprint density at radius 2 is 1.89 bits per heavy atom. The minimum Gasteiger partial charge on any atom is -0.490 e. The summed E-state index contributed by atoms with van der Waals surface area (Å²) in [5.74, 6) is 0.235. The van der Waals surface area contributed by atoms with Crippen molar-refractivity contribution in [3.63, 3.8) is 0 Å². The van der Waals surface area contributed by atoms with Gasteiger partial charge in [-0.25, -0.2) is 0 Å². The first-order chi connectivity index (χ1) is 13.5. The van der Waals surface area contributed by atoms with Crippen molar-refractivity contribution in [1.82, 2.24) is 0 Å². The fraction of sp³-hybridized carbons (Fsp3) is 0.150. The van der Waals surface area contributed by atoms with Gasteiger partial charge in [-0.05, 0) is 55.0 Å². The molecule has 2 aromatic carbocycles. The maximum atomic E-state index is 12.4. The van der Waals surface area contributed by atoms with Crippen molar-refractivity contribution >= 4 is 45.2 Å². The van der Waals surface area contributed by atoms with E-state index in [1.165, 1.54) is 6.08 Å². The number of halogens is 2. The normalized spacial score (nSPS) is 10.5. The molecule has 8 heteroatoms. The number of nitrogens with one attached hydrogen (secondary N) is 1. The fourth-order valence-corrected chi connectivity index (χ4v) is 2.75. The van der Waals surface area contributed by atoms with E-state index < -0.39 is 5.91 Å². The highest BCUT2D eigenvalue weighted by atomic mass is 79.9. The quantitative estimate of drug-likeness (QED) is 0.466. The molecule has 0 bridgehead atoms. The highest BCUT2D eigenvalue weighted by Crippen LogP contribution is 2.35. The van der Waals surface area contributed by atoms with Gasteiger partial charge < -0.3 is 14.8 Å². The molecule has 0 atom stereocenters. The predicted molar refractivity (Wildman–Crippen MR) is 110 cm³/mol. The van der Waals surface area contributed by atoms with Crippen LogP contribution < -0.4 is 14.8 Å². The van der Waals surface area contributed by atoms with Crippen LogP contribution in [0.5, 0.6) is 11.5 Å². The van der Waals surface area contributed by atoms with Gasteiger partial charge in [-0.2, -0.15) is 10.5 Å². The summed E-state index contributed by atoms with van der Waals surface area (Å²) in [4.78, 5) is 12.4. The monoisotopic (exact) mass is 459 g/mol. The summed E-state index contributed by atoms with van der Waals surface area (Å²) in [6.07, 6.45) is 1.44. The Morgan fingerprint density at radius 3 is 2.50 bits per heavy atom. The molecule has 0 saturated heterocycles. The van der Waals surface area contributed by atoms with Crippen LogP contribution in [0.25, 0.3) is 6.08 Å². The smallest absolute Gasteiger partial charge is 0.266 e. The molecule has 0 unspecified atom stereocenters. The molecular weight excluding hydrogens is 446 g/mol. The Bertz CT molecular complexity index is 976. The predicted octanol–water partition coefficient (Wildman–Crippen LogP) is 4.95. The lowest BCUT2D eigenvalue weighted by atomic mass is 10.1. The van der Waals surface area contributed by atoms with Crippen molar-refractivity contribution in [2.45, 2.75) is 6.92 Å². The number of benzene rings is 2. The van der Waals surface area contributed by atoms with Crippen molar-refractivity contribution in [3.8, 4) is 23.6 Å². The van der Waals surface area contributed by atoms with Gasteiger partial charge in [-0.15, -0.1) is 0 Å². The zero-order valence-corrected chi connectivity index (χ0v) is 17.2. The van der Waals surface area contributed by atoms with Gasteiger partial charge in [0.15, 0.2) is 18.1 Å². The maximum absolute atomic E-state index is 12.4. The summed E-state index contributed by atoms with van der Waals surface area (Å²) in [7, 11) is 0. The van der Waals surface area contributed by atoms with Crippen molar-refractivity contribution in [2.75, 3.05) is 18.5 Å². The molecule has 0 aliphatic rings. The van der Waals surface area contributed by atoms with E-state index in [-0.39, 0.29) is 12.2 Å². The summed E-state index contributed by atoms with van der Waals surface area (Å²) >= 11 is 9.21. The van der Waals surface area contributed by atoms with Gasteiger partial charge in [0.25, 0.3) is 5.91 Å². The van der Waals surface area contributed by atoms with E-state index in [1.807, 2.05) is 19.1 Å². The Morgan fingerprint density at radius 1 is 1.21 bits per heavy atom. The molecule has 0 aliphatic carbocycles. The fourth-order valence-electron chi connectivity index (χ4n) is 2.19. The molecule has 0 spiro atoms. The number of amides is 1. The lowest BCUT2D eigenvalue weighted by Crippen LogP contribution is -2.13. The third-order valence-corrected chi connectivity index (χ3v) is 4.36. The van der Waals surface area contributed by atoms with Gasteiger partial charge in [-0.3, -0.25) is 4.79 Å². The molecule has 0 aromatic heterocycles. The summed E-state index contributed by atoms with van der Waals surface area (Å²) in [5.41, 5.74) is 0.976. The minimum atomic E-state index is -0.556. The second-order valence-corrected chi connectivity index (χ2v) is 6.62. The molecule has 0 heterocycles. The van der Waals surface area contributed by atoms with Crippen LogP contribution >= 0.6 is 27.5 Å². The molecule has 6 nitrogen and oxygen atoms in total. The third-order valence-electron chi connectivity index (χ3n) is 3.42. The number of rotatable bonds is 7. The van der Waals surface area contributed by atoms with Crippen LogP contribution in [0.4, 0.5) is 5.69 Å². The van der Waals surface area contributed by atoms with Gasteiger partial charge in [0, 0.05) is 15.2 Å². The van der Waals surface area contributed by atoms with Gasteiger partial charge in [0.05, 0.1) is 6.61 Å². The van der Waals surface area contributed by atoms with Gasteiger partial charge in [0.1, 0.15) is 17.7 Å². The Kier molecular flexibility index (Phi) is 7.88. The number of nitrogens with zero attached hydrogens (tertiary/aromatic N) is 2. The summed E-state index contributed by atoms with van der Waals surface area (Å²) in [6.45, 7) is 2.07. The van der Waals surface area contributed by atoms with Crippen molar-refractivity contribution in [2.24, 2.45) is 0 Å². The van der Waals surface area contributed by atoms with Crippen molar-refractivity contribution < 1.29 is 14.3 Å². The largest absolute Gasteiger partial charge is 0.490 e. The molecule has 1 amide bonds. The van der Waals surface area contributed by atoms with Gasteiger partial charge in [0.2, 0.25) is 0 Å². The van der Waals surface area contributed by atoms with Crippen molar-refractivity contribution in [1.29, 1.82) is 10.5 Å². The Labute approximate surface area is 176 Å². The summed E-state index contributed by atoms with van der Waals surface area (Å²) < 4.78 is 11.5. The number of hydrogen-bond donors (Lipinski definition) is 1. The summed E-state index contributed by atoms with van der Waals surface area (Å²) in [5, 5.41) is 21.3. The standard InChI is InChI=1S/C20H15BrClN3O3/c1-2-27-18-10-13(17(21)11-19(18)28-8-7-23)9-14(12-24)20(26)25-16-5-3-15(22)4-6-16/h3-6,9-11H,2,8H2,1H3,(H,25,26)/b14-9+. The first-order valence-electron chi connectivity index (χ1n) is 8.13. The molecule has 1 N–H and O–H groups in total. The molecule has 0 aliphatic heterocycles. The van der Waals surface area contributed by atoms with Crippen molar-refractivity contribution in [3.05, 3.63) is 57.0 Å². The van der Waals surface area contributed by atoms with Crippen LogP contribution in [0.3, 0.4) is 0 Å². The minimum absolute atomic E-state index is 0.0937. The topological polar surface area (TPSA) is 95.1 Å². The highest BCUT2D eigenvalue weighted by Gasteiger charge is 2.14. The maximum Gasteiger partial charge on any atom is 0.266 e. The Balaban J connectivity index is 2.32. The number of nitriles is 2. The molecule has 28 heavy (non-hydrogen) atoms. The zero-order valence-electron chi connectivity index (χ0n) is 14.8. The molecule has 0 fully saturated rings. The first-order valence-corrected chi connectivity index (χ1v) is 9.30. The first kappa shape index (κ1) is 21.3. The highest BCUT2D eigenvalue weighted by molar-refractivity contribution is 9.10. The molecule has 142 valence electrons. The second kappa shape index (κ2) is 10.4. The SMILES string of the molecule is CCOc1cc(/C=C(\C#N)C(=O)Nc2ccc(Cl)cc2)c(Br)cc1OCC#N. The van der Waals surface area contributed by atoms with E-state index in [4.69, 9.17) is 26.3 Å². The van der Waals surface area contributed by atoms with E-state index in [9.17, 15) is 10.1 Å². The van der Waals surface area contributed by atoms with Crippen LogP contribution in [0.1, 0.15) is 12.5 Å². The molecular formula is C20H15BrClN3O3. The lowest BCUT2D eigenvalue weighted by Gasteiger charge is -2.12. The third kappa shape index (κ3) is 5.75. The van der Waals surface area contributed by atoms with E-state index in [2.05, 4.69) is 21.2 Å². The lowest BCUT2D eigenvalue weighted by molar-refractivity contribution is -0.112. The average Bonchev–Trinajstić information content (AvgIpc) is 2.68. The summed E-state index contributed by atoms with van der Waals surface area (Å²) in [6, 6.07) is 13.6. The number of carbonyl (C=O) groups excluding carboxylic acids is 1. The van der Waals surface area contributed by atoms with E-state index >= 15 is 0 Å². The average molecular weight is 461 g/mol. The number of carbonyl (C=O) groups is 1. The molecule has 2 rings (SSSR count). The molecule has 2 aromatic rings. The number of ether oxygens (including phenoxy) is 2. The molecule has 0 radical (unpaired) electrons. The van der Waals surface area contributed by atoms with E-state index in [0.717, 1.165) is 0 Å². The van der Waals surface area contributed by atoms with Crippen LogP contribution in [0.15, 0.2) is 46.4 Å². The number of hydrogen-bond acceptors (Lipinski definition) is 5. The van der Waals surface area contributed by atoms with E-state index in [0.29, 0.717) is 38.9 Å². The zero-order chi connectivity index (χ0) is 20.5. The van der Waals surface area contributed by atoms with Crippen LogP contribution in [0, 0.1) is 22.7 Å². The van der Waals surface area contributed by atoms with Crippen LogP contribution in [0.2, 0.25) is 5.02 Å². The van der Waals surface area contributed by atoms with Crippen LogP contribution in [-0.2, 0) is 4.79 Å². The van der Waals surface area contributed by atoms with Crippen LogP contribution in [-0.4, -0.2) is 19.1 Å². The van der Waals surface area contributed by atoms with Gasteiger partial charge >= 0.3 is 0 Å². The second-order valence-electron chi connectivity index (χ2n) is 5.33. The Hall–Kier alpha value is -3.00. The molecule has 0 saturated carbocycles.